The number of benzene rings is 3. The van der Waals surface area contributed by atoms with Gasteiger partial charge in [-0.15, -0.1) is 0 Å². The summed E-state index contributed by atoms with van der Waals surface area (Å²) in [7, 11) is 0. The molecule has 1 N–H and O–H groups in total. The second-order valence-corrected chi connectivity index (χ2v) is 6.55. The third-order valence-corrected chi connectivity index (χ3v) is 4.49. The first kappa shape index (κ1) is 20.5. The zero-order valence-corrected chi connectivity index (χ0v) is 15.3. The number of carbonyl (C=O) groups is 1. The molecule has 7 heteroatoms. The summed E-state index contributed by atoms with van der Waals surface area (Å²) in [4.78, 5) is 12.5. The number of hydrogen-bond acceptors (Lipinski definition) is 1. The average Bonchev–Trinajstić information content (AvgIpc) is 2.73. The Kier molecular flexibility index (Phi) is 5.96. The summed E-state index contributed by atoms with van der Waals surface area (Å²) in [6.45, 7) is 1.89. The van der Waals surface area contributed by atoms with Gasteiger partial charge in [-0.1, -0.05) is 60.2 Å². The van der Waals surface area contributed by atoms with Crippen LogP contribution < -0.4 is 5.32 Å². The van der Waals surface area contributed by atoms with Gasteiger partial charge in [0.15, 0.2) is 23.3 Å². The minimum absolute atomic E-state index is 0.662. The molecule has 0 saturated carbocycles. The minimum atomic E-state index is -2.26. The van der Waals surface area contributed by atoms with Crippen LogP contribution in [0, 0.1) is 36.0 Å². The molecule has 0 heterocycles. The number of carbonyl (C=O) groups excluding carboxylic acids is 1. The topological polar surface area (TPSA) is 29.1 Å². The SMILES string of the molecule is Cc1ccc(C(NC(=O)Cc2c(F)c(F)c(F)c(F)c2F)c2ccccc2)cc1. The van der Waals surface area contributed by atoms with E-state index in [4.69, 9.17) is 0 Å². The Morgan fingerprint density at radius 3 is 1.79 bits per heavy atom. The maximum absolute atomic E-state index is 13.9. The normalized spacial score (nSPS) is 11.9. The molecule has 3 rings (SSSR count). The number of halogens is 5. The third kappa shape index (κ3) is 4.29. The van der Waals surface area contributed by atoms with Crippen molar-refractivity contribution >= 4 is 5.91 Å². The number of nitrogens with one attached hydrogen (secondary N) is 1. The Bertz CT molecular complexity index is 1010. The van der Waals surface area contributed by atoms with E-state index < -0.39 is 53.0 Å². The zero-order valence-electron chi connectivity index (χ0n) is 15.3. The smallest absolute Gasteiger partial charge is 0.225 e. The van der Waals surface area contributed by atoms with Gasteiger partial charge in [-0.05, 0) is 18.1 Å². The first-order valence-electron chi connectivity index (χ1n) is 8.70. The summed E-state index contributed by atoms with van der Waals surface area (Å²) in [6.07, 6.45) is -0.999. The van der Waals surface area contributed by atoms with Crippen LogP contribution in [0.1, 0.15) is 28.3 Å². The standard InChI is InChI=1S/C22H16F5NO/c1-12-7-9-14(10-8-12)22(13-5-3-2-4-6-13)28-16(29)11-15-17(23)19(25)21(27)20(26)18(15)24/h2-10,22H,11H2,1H3,(H,28,29). The van der Waals surface area contributed by atoms with Crippen molar-refractivity contribution in [1.82, 2.24) is 5.32 Å². The molecule has 0 aliphatic rings. The Morgan fingerprint density at radius 2 is 1.24 bits per heavy atom. The zero-order chi connectivity index (χ0) is 21.1. The van der Waals surface area contributed by atoms with E-state index in [2.05, 4.69) is 5.32 Å². The lowest BCUT2D eigenvalue weighted by Crippen LogP contribution is -2.31. The molecule has 0 bridgehead atoms. The van der Waals surface area contributed by atoms with Crippen LogP contribution in [0.15, 0.2) is 54.6 Å². The van der Waals surface area contributed by atoms with Gasteiger partial charge in [-0.3, -0.25) is 4.79 Å². The van der Waals surface area contributed by atoms with Crippen LogP contribution in [0.2, 0.25) is 0 Å². The van der Waals surface area contributed by atoms with Crippen LogP contribution in [-0.4, -0.2) is 5.91 Å². The second-order valence-electron chi connectivity index (χ2n) is 6.55. The van der Waals surface area contributed by atoms with E-state index in [9.17, 15) is 26.7 Å². The molecular formula is C22H16F5NO. The van der Waals surface area contributed by atoms with E-state index in [0.29, 0.717) is 11.1 Å². The predicted molar refractivity (Wildman–Crippen MR) is 97.5 cm³/mol. The molecule has 1 atom stereocenters. The maximum Gasteiger partial charge on any atom is 0.225 e. The largest absolute Gasteiger partial charge is 0.345 e. The highest BCUT2D eigenvalue weighted by molar-refractivity contribution is 5.79. The van der Waals surface area contributed by atoms with Crippen molar-refractivity contribution in [2.24, 2.45) is 0 Å². The van der Waals surface area contributed by atoms with E-state index >= 15 is 0 Å². The molecular weight excluding hydrogens is 389 g/mol. The molecule has 0 radical (unpaired) electrons. The van der Waals surface area contributed by atoms with Gasteiger partial charge in [0.2, 0.25) is 11.7 Å². The minimum Gasteiger partial charge on any atom is -0.345 e. The van der Waals surface area contributed by atoms with Crippen LogP contribution in [0.3, 0.4) is 0 Å². The first-order valence-corrected chi connectivity index (χ1v) is 8.70. The summed E-state index contributed by atoms with van der Waals surface area (Å²) >= 11 is 0. The van der Waals surface area contributed by atoms with Crippen molar-refractivity contribution in [3.05, 3.63) is 106 Å². The number of aryl methyl sites for hydroxylation is 1. The molecule has 29 heavy (non-hydrogen) atoms. The van der Waals surface area contributed by atoms with Crippen molar-refractivity contribution < 1.29 is 26.7 Å². The van der Waals surface area contributed by atoms with Crippen LogP contribution in [-0.2, 0) is 11.2 Å². The van der Waals surface area contributed by atoms with Crippen molar-refractivity contribution in [2.75, 3.05) is 0 Å². The molecule has 1 amide bonds. The van der Waals surface area contributed by atoms with Gasteiger partial charge >= 0.3 is 0 Å². The van der Waals surface area contributed by atoms with Gasteiger partial charge < -0.3 is 5.32 Å². The van der Waals surface area contributed by atoms with E-state index in [-0.39, 0.29) is 0 Å². The fourth-order valence-corrected chi connectivity index (χ4v) is 2.94. The molecule has 2 nitrogen and oxygen atoms in total. The van der Waals surface area contributed by atoms with Gasteiger partial charge in [0.05, 0.1) is 12.5 Å². The van der Waals surface area contributed by atoms with Crippen molar-refractivity contribution in [3.8, 4) is 0 Å². The lowest BCUT2D eigenvalue weighted by atomic mass is 9.97. The average molecular weight is 405 g/mol. The van der Waals surface area contributed by atoms with E-state index in [1.807, 2.05) is 19.1 Å². The lowest BCUT2D eigenvalue weighted by molar-refractivity contribution is -0.121. The molecule has 0 aliphatic heterocycles. The molecule has 0 fully saturated rings. The molecule has 0 saturated heterocycles. The second kappa shape index (κ2) is 8.43. The monoisotopic (exact) mass is 405 g/mol. The predicted octanol–water partition coefficient (Wildman–Crippen LogP) is 5.14. The molecule has 0 spiro atoms. The highest BCUT2D eigenvalue weighted by Crippen LogP contribution is 2.25. The van der Waals surface area contributed by atoms with Crippen LogP contribution >= 0.6 is 0 Å². The molecule has 3 aromatic rings. The fourth-order valence-electron chi connectivity index (χ4n) is 2.94. The summed E-state index contributed by atoms with van der Waals surface area (Å²) in [5.41, 5.74) is 1.22. The van der Waals surface area contributed by atoms with Gasteiger partial charge in [0, 0.05) is 5.56 Å². The Morgan fingerprint density at radius 1 is 0.759 bits per heavy atom. The summed E-state index contributed by atoms with van der Waals surface area (Å²) < 4.78 is 67.8. The van der Waals surface area contributed by atoms with Crippen molar-refractivity contribution in [2.45, 2.75) is 19.4 Å². The van der Waals surface area contributed by atoms with E-state index in [0.717, 1.165) is 5.56 Å². The Labute approximate surface area is 164 Å². The maximum atomic E-state index is 13.9. The Hall–Kier alpha value is -3.22. The highest BCUT2D eigenvalue weighted by atomic mass is 19.2. The highest BCUT2D eigenvalue weighted by Gasteiger charge is 2.27. The fraction of sp³-hybridized carbons (Fsp3) is 0.136. The quantitative estimate of drug-likeness (QED) is 0.356. The number of hydrogen-bond donors (Lipinski definition) is 1. The van der Waals surface area contributed by atoms with Crippen LogP contribution in [0.25, 0.3) is 0 Å². The van der Waals surface area contributed by atoms with Gasteiger partial charge in [-0.2, -0.15) is 0 Å². The van der Waals surface area contributed by atoms with Gasteiger partial charge in [0.25, 0.3) is 0 Å². The summed E-state index contributed by atoms with van der Waals surface area (Å²) in [6, 6.07) is 15.4. The van der Waals surface area contributed by atoms with Gasteiger partial charge in [-0.25, -0.2) is 22.0 Å². The van der Waals surface area contributed by atoms with Gasteiger partial charge in [0.1, 0.15) is 0 Å². The molecule has 150 valence electrons. The van der Waals surface area contributed by atoms with Crippen LogP contribution in [0.4, 0.5) is 22.0 Å². The molecule has 3 aromatic carbocycles. The third-order valence-electron chi connectivity index (χ3n) is 4.49. The summed E-state index contributed by atoms with van der Waals surface area (Å²) in [5, 5.41) is 2.61. The van der Waals surface area contributed by atoms with Crippen molar-refractivity contribution in [1.29, 1.82) is 0 Å². The van der Waals surface area contributed by atoms with E-state index in [1.54, 1.807) is 42.5 Å². The Balaban J connectivity index is 1.91. The summed E-state index contributed by atoms with van der Waals surface area (Å²) in [5.74, 6) is -11.3. The first-order chi connectivity index (χ1) is 13.8. The van der Waals surface area contributed by atoms with Crippen LogP contribution in [0.5, 0.6) is 0 Å². The number of rotatable bonds is 5. The molecule has 0 aromatic heterocycles. The number of amides is 1. The lowest BCUT2D eigenvalue weighted by Gasteiger charge is -2.20. The molecule has 0 aliphatic carbocycles. The van der Waals surface area contributed by atoms with Crippen molar-refractivity contribution in [3.63, 3.8) is 0 Å². The van der Waals surface area contributed by atoms with E-state index in [1.165, 1.54) is 0 Å². The molecule has 1 unspecified atom stereocenters.